The molecule has 0 aliphatic rings. The van der Waals surface area contributed by atoms with Crippen molar-refractivity contribution in [2.45, 2.75) is 13.8 Å². The van der Waals surface area contributed by atoms with Crippen molar-refractivity contribution >= 4 is 34.2 Å². The first kappa shape index (κ1) is 14.5. The van der Waals surface area contributed by atoms with Crippen molar-refractivity contribution in [1.29, 1.82) is 0 Å². The van der Waals surface area contributed by atoms with E-state index in [-0.39, 0.29) is 17.2 Å². The largest absolute Gasteiger partial charge is 0.462 e. The van der Waals surface area contributed by atoms with Crippen LogP contribution in [0.2, 0.25) is 5.02 Å². The molecule has 4 nitrogen and oxygen atoms in total. The summed E-state index contributed by atoms with van der Waals surface area (Å²) < 4.78 is 18.3. The molecule has 1 aromatic heterocycles. The van der Waals surface area contributed by atoms with Crippen molar-refractivity contribution in [3.05, 3.63) is 34.7 Å². The van der Waals surface area contributed by atoms with E-state index in [1.54, 1.807) is 6.92 Å². The molecule has 106 valence electrons. The van der Waals surface area contributed by atoms with Gasteiger partial charge in [-0.25, -0.2) is 9.18 Å². The van der Waals surface area contributed by atoms with Gasteiger partial charge in [0, 0.05) is 24.2 Å². The van der Waals surface area contributed by atoms with Crippen LogP contribution < -0.4 is 5.32 Å². The van der Waals surface area contributed by atoms with E-state index in [1.165, 1.54) is 18.3 Å². The van der Waals surface area contributed by atoms with Crippen molar-refractivity contribution < 1.29 is 13.9 Å². The molecule has 1 N–H and O–H groups in total. The lowest BCUT2D eigenvalue weighted by Crippen LogP contribution is -2.11. The first-order chi connectivity index (χ1) is 9.58. The fourth-order valence-corrected chi connectivity index (χ4v) is 2.26. The van der Waals surface area contributed by atoms with E-state index in [9.17, 15) is 9.18 Å². The summed E-state index contributed by atoms with van der Waals surface area (Å²) in [6, 6.07) is 2.47. The molecule has 20 heavy (non-hydrogen) atoms. The highest BCUT2D eigenvalue weighted by molar-refractivity contribution is 6.36. The predicted octanol–water partition coefficient (Wildman–Crippen LogP) is 3.64. The van der Waals surface area contributed by atoms with Crippen LogP contribution >= 0.6 is 11.6 Å². The predicted molar refractivity (Wildman–Crippen MR) is 76.8 cm³/mol. The third-order valence-electron chi connectivity index (χ3n) is 2.74. The van der Waals surface area contributed by atoms with Gasteiger partial charge in [0.05, 0.1) is 22.8 Å². The highest BCUT2D eigenvalue weighted by Crippen LogP contribution is 2.33. The van der Waals surface area contributed by atoms with Crippen LogP contribution in [-0.4, -0.2) is 24.1 Å². The van der Waals surface area contributed by atoms with Crippen LogP contribution in [0.15, 0.2) is 18.3 Å². The molecule has 0 bridgehead atoms. The maximum absolute atomic E-state index is 13.4. The minimum absolute atomic E-state index is 0.203. The summed E-state index contributed by atoms with van der Waals surface area (Å²) in [5.41, 5.74) is 1.19. The number of ether oxygens (including phenoxy) is 1. The molecule has 0 aliphatic heterocycles. The highest BCUT2D eigenvalue weighted by Gasteiger charge is 2.18. The molecule has 0 spiro atoms. The first-order valence-electron chi connectivity index (χ1n) is 6.27. The smallest absolute Gasteiger partial charge is 0.341 e. The van der Waals surface area contributed by atoms with Gasteiger partial charge in [0.15, 0.2) is 0 Å². The second-order valence-electron chi connectivity index (χ2n) is 4.08. The van der Waals surface area contributed by atoms with Crippen LogP contribution in [0.5, 0.6) is 0 Å². The van der Waals surface area contributed by atoms with Gasteiger partial charge in [-0.3, -0.25) is 4.98 Å². The zero-order valence-corrected chi connectivity index (χ0v) is 11.9. The number of esters is 1. The van der Waals surface area contributed by atoms with Gasteiger partial charge >= 0.3 is 5.97 Å². The Labute approximate surface area is 120 Å². The van der Waals surface area contributed by atoms with Gasteiger partial charge < -0.3 is 10.1 Å². The molecule has 0 saturated heterocycles. The number of carbonyl (C=O) groups is 1. The molecule has 0 amide bonds. The minimum atomic E-state index is -0.488. The number of pyridine rings is 1. The van der Waals surface area contributed by atoms with Crippen molar-refractivity contribution in [2.75, 3.05) is 18.5 Å². The number of hydrogen-bond acceptors (Lipinski definition) is 4. The maximum Gasteiger partial charge on any atom is 0.341 e. The van der Waals surface area contributed by atoms with E-state index >= 15 is 0 Å². The normalized spacial score (nSPS) is 10.6. The number of anilines is 1. The van der Waals surface area contributed by atoms with Gasteiger partial charge in [-0.15, -0.1) is 0 Å². The summed E-state index contributed by atoms with van der Waals surface area (Å²) in [5, 5.41) is 3.79. The van der Waals surface area contributed by atoms with Crippen LogP contribution in [-0.2, 0) is 4.74 Å². The average Bonchev–Trinajstić information content (AvgIpc) is 2.38. The Bertz CT molecular complexity index is 661. The van der Waals surface area contributed by atoms with Crippen molar-refractivity contribution in [2.24, 2.45) is 0 Å². The summed E-state index contributed by atoms with van der Waals surface area (Å²) in [6.07, 6.45) is 1.37. The van der Waals surface area contributed by atoms with E-state index in [1.807, 2.05) is 6.92 Å². The number of rotatable bonds is 4. The summed E-state index contributed by atoms with van der Waals surface area (Å²) in [6.45, 7) is 4.46. The second kappa shape index (κ2) is 6.05. The van der Waals surface area contributed by atoms with Crippen molar-refractivity contribution in [3.8, 4) is 0 Å². The molecule has 0 aliphatic carbocycles. The van der Waals surface area contributed by atoms with Gasteiger partial charge in [-0.2, -0.15) is 0 Å². The molecule has 2 aromatic rings. The van der Waals surface area contributed by atoms with Gasteiger partial charge in [-0.1, -0.05) is 11.6 Å². The fourth-order valence-electron chi connectivity index (χ4n) is 1.97. The minimum Gasteiger partial charge on any atom is -0.462 e. The zero-order valence-electron chi connectivity index (χ0n) is 11.2. The molecule has 0 unspecified atom stereocenters. The highest BCUT2D eigenvalue weighted by atomic mass is 35.5. The van der Waals surface area contributed by atoms with Crippen LogP contribution in [0.1, 0.15) is 24.2 Å². The van der Waals surface area contributed by atoms with Crippen molar-refractivity contribution in [1.82, 2.24) is 4.98 Å². The molecular formula is C14H14ClFN2O2. The molecule has 6 heteroatoms. The van der Waals surface area contributed by atoms with E-state index in [0.717, 1.165) is 0 Å². The van der Waals surface area contributed by atoms with Crippen LogP contribution in [0.4, 0.5) is 10.1 Å². The molecule has 0 atom stereocenters. The average molecular weight is 297 g/mol. The number of benzene rings is 1. The second-order valence-corrected chi connectivity index (χ2v) is 4.49. The van der Waals surface area contributed by atoms with Gasteiger partial charge in [0.25, 0.3) is 0 Å². The summed E-state index contributed by atoms with van der Waals surface area (Å²) >= 11 is 6.08. The first-order valence-corrected chi connectivity index (χ1v) is 6.65. The van der Waals surface area contributed by atoms with Gasteiger partial charge in [-0.05, 0) is 19.9 Å². The Morgan fingerprint density at radius 3 is 2.85 bits per heavy atom. The van der Waals surface area contributed by atoms with E-state index in [4.69, 9.17) is 16.3 Å². The number of aromatic nitrogens is 1. The van der Waals surface area contributed by atoms with Gasteiger partial charge in [0.2, 0.25) is 0 Å². The Balaban J connectivity index is 2.71. The van der Waals surface area contributed by atoms with E-state index < -0.39 is 11.8 Å². The van der Waals surface area contributed by atoms with Crippen LogP contribution in [0.3, 0.4) is 0 Å². The van der Waals surface area contributed by atoms with E-state index in [0.29, 0.717) is 23.1 Å². The maximum atomic E-state index is 13.4. The lowest BCUT2D eigenvalue weighted by molar-refractivity contribution is 0.0527. The zero-order chi connectivity index (χ0) is 14.7. The third kappa shape index (κ3) is 2.67. The molecule has 1 aromatic carbocycles. The fraction of sp³-hybridized carbons (Fsp3) is 0.286. The third-order valence-corrected chi connectivity index (χ3v) is 3.03. The number of halogens is 2. The lowest BCUT2D eigenvalue weighted by Gasteiger charge is -2.13. The molecule has 0 radical (unpaired) electrons. The Hall–Kier alpha value is -1.88. The van der Waals surface area contributed by atoms with Crippen LogP contribution in [0, 0.1) is 5.82 Å². The number of carbonyl (C=O) groups excluding carboxylic acids is 1. The molecule has 1 heterocycles. The van der Waals surface area contributed by atoms with Gasteiger partial charge in [0.1, 0.15) is 11.4 Å². The lowest BCUT2D eigenvalue weighted by atomic mass is 10.1. The Morgan fingerprint density at radius 1 is 1.45 bits per heavy atom. The molecular weight excluding hydrogens is 283 g/mol. The summed E-state index contributed by atoms with van der Waals surface area (Å²) in [7, 11) is 0. The SMILES string of the molecule is CCNc1c(C(=O)OCC)cnc2cc(F)cc(Cl)c12. The number of hydrogen-bond donors (Lipinski definition) is 1. The molecule has 0 saturated carbocycles. The monoisotopic (exact) mass is 296 g/mol. The summed E-state index contributed by atoms with van der Waals surface area (Å²) in [4.78, 5) is 16.0. The van der Waals surface area contributed by atoms with E-state index in [2.05, 4.69) is 10.3 Å². The molecule has 2 rings (SSSR count). The molecule has 0 fully saturated rings. The number of nitrogens with one attached hydrogen (secondary N) is 1. The Morgan fingerprint density at radius 2 is 2.20 bits per heavy atom. The number of nitrogens with zero attached hydrogens (tertiary/aromatic N) is 1. The Kier molecular flexibility index (Phi) is 4.39. The standard InChI is InChI=1S/C14H14ClFN2O2/c1-3-17-13-9(14(19)20-4-2)7-18-11-6-8(16)5-10(15)12(11)13/h5-7H,3-4H2,1-2H3,(H,17,18). The number of fused-ring (bicyclic) bond motifs is 1. The van der Waals surface area contributed by atoms with Crippen LogP contribution in [0.25, 0.3) is 10.9 Å². The van der Waals surface area contributed by atoms with Crippen molar-refractivity contribution in [3.63, 3.8) is 0 Å². The quantitative estimate of drug-likeness (QED) is 0.875. The summed E-state index contributed by atoms with van der Waals surface area (Å²) in [5.74, 6) is -0.959. The topological polar surface area (TPSA) is 51.2 Å².